The van der Waals surface area contributed by atoms with Gasteiger partial charge in [0.1, 0.15) is 0 Å². The zero-order chi connectivity index (χ0) is 12.3. The first-order chi connectivity index (χ1) is 7.51. The van der Waals surface area contributed by atoms with Crippen LogP contribution in [0.4, 0.5) is 0 Å². The van der Waals surface area contributed by atoms with Gasteiger partial charge in [-0.3, -0.25) is 0 Å². The Balaban J connectivity index is 3.49. The highest BCUT2D eigenvalue weighted by Crippen LogP contribution is 2.16. The minimum absolute atomic E-state index is 0.305. The molecule has 0 spiro atoms. The van der Waals surface area contributed by atoms with Crippen LogP contribution in [0.3, 0.4) is 0 Å². The Bertz CT molecular complexity index is 440. The minimum Gasteiger partial charge on any atom is -0.543 e. The van der Waals surface area contributed by atoms with Crippen LogP contribution < -0.4 is 10.2 Å². The summed E-state index contributed by atoms with van der Waals surface area (Å²) in [6.07, 6.45) is 0.999. The van der Waals surface area contributed by atoms with Crippen LogP contribution in [0.2, 0.25) is 0 Å². The number of hydrogen-bond donors (Lipinski definition) is 0. The summed E-state index contributed by atoms with van der Waals surface area (Å²) in [4.78, 5) is 25.0. The molecule has 0 bridgehead atoms. The predicted octanol–water partition coefficient (Wildman–Crippen LogP) is -1.07. The lowest BCUT2D eigenvalue weighted by atomic mass is 10.0. The van der Waals surface area contributed by atoms with Gasteiger partial charge in [-0.2, -0.15) is 0 Å². The standard InChI is InChI=1S/C11H13NO4/c1-3-6-5-8(10(13)14)12-9(11(15)16)7(6)4-2/h5H,3-4H2,1-2H3,(H,13,14)(H,15,16)/p-2. The maximum atomic E-state index is 10.8. The maximum Gasteiger partial charge on any atom is 0.0903 e. The molecule has 0 atom stereocenters. The summed E-state index contributed by atoms with van der Waals surface area (Å²) in [5.41, 5.74) is 0.498. The van der Waals surface area contributed by atoms with Crippen molar-refractivity contribution in [2.75, 3.05) is 0 Å². The Hall–Kier alpha value is -1.91. The number of carboxylic acid groups (broad SMARTS) is 2. The van der Waals surface area contributed by atoms with Crippen molar-refractivity contribution in [1.82, 2.24) is 4.98 Å². The number of hydrogen-bond acceptors (Lipinski definition) is 5. The van der Waals surface area contributed by atoms with E-state index in [0.717, 1.165) is 0 Å². The van der Waals surface area contributed by atoms with Crippen LogP contribution in [0.25, 0.3) is 0 Å². The Morgan fingerprint density at radius 3 is 2.19 bits per heavy atom. The Labute approximate surface area is 92.8 Å². The van der Waals surface area contributed by atoms with Crippen molar-refractivity contribution in [2.45, 2.75) is 26.7 Å². The van der Waals surface area contributed by atoms with Gasteiger partial charge in [-0.1, -0.05) is 13.8 Å². The molecule has 16 heavy (non-hydrogen) atoms. The van der Waals surface area contributed by atoms with Crippen molar-refractivity contribution in [1.29, 1.82) is 0 Å². The predicted molar refractivity (Wildman–Crippen MR) is 51.7 cm³/mol. The molecular weight excluding hydrogens is 210 g/mol. The first-order valence-corrected chi connectivity index (χ1v) is 4.96. The molecule has 0 saturated heterocycles. The number of carboxylic acids is 2. The van der Waals surface area contributed by atoms with E-state index in [1.165, 1.54) is 6.07 Å². The number of nitrogens with zero attached hydrogens (tertiary/aromatic N) is 1. The molecule has 1 heterocycles. The Kier molecular flexibility index (Phi) is 3.60. The highest BCUT2D eigenvalue weighted by atomic mass is 16.4. The molecule has 0 aliphatic heterocycles. The Morgan fingerprint density at radius 1 is 1.19 bits per heavy atom. The molecule has 5 nitrogen and oxygen atoms in total. The normalized spacial score (nSPS) is 10.1. The van der Waals surface area contributed by atoms with Gasteiger partial charge in [0.05, 0.1) is 23.3 Å². The van der Waals surface area contributed by atoms with E-state index in [-0.39, 0.29) is 11.4 Å². The van der Waals surface area contributed by atoms with Gasteiger partial charge >= 0.3 is 0 Å². The third kappa shape index (κ3) is 2.18. The molecule has 0 amide bonds. The highest BCUT2D eigenvalue weighted by Gasteiger charge is 2.11. The fraction of sp³-hybridized carbons (Fsp3) is 0.364. The molecule has 0 N–H and O–H groups in total. The first-order valence-electron chi connectivity index (χ1n) is 4.96. The number of aromatic nitrogens is 1. The van der Waals surface area contributed by atoms with Crippen LogP contribution >= 0.6 is 0 Å². The van der Waals surface area contributed by atoms with Crippen LogP contribution in [-0.2, 0) is 12.8 Å². The fourth-order valence-electron chi connectivity index (χ4n) is 1.61. The lowest BCUT2D eigenvalue weighted by Crippen LogP contribution is -2.29. The average Bonchev–Trinajstić information content (AvgIpc) is 2.26. The van der Waals surface area contributed by atoms with Gasteiger partial charge in [0.2, 0.25) is 0 Å². The third-order valence-corrected chi connectivity index (χ3v) is 2.35. The summed E-state index contributed by atoms with van der Waals surface area (Å²) in [6, 6.07) is 1.35. The molecule has 1 rings (SSSR count). The van der Waals surface area contributed by atoms with Gasteiger partial charge in [0.15, 0.2) is 0 Å². The van der Waals surface area contributed by atoms with Gasteiger partial charge in [-0.15, -0.1) is 0 Å². The molecule has 0 radical (unpaired) electrons. The van der Waals surface area contributed by atoms with E-state index in [1.807, 2.05) is 6.92 Å². The van der Waals surface area contributed by atoms with Crippen LogP contribution in [0, 0.1) is 0 Å². The summed E-state index contributed by atoms with van der Waals surface area (Å²) in [5, 5.41) is 21.5. The van der Waals surface area contributed by atoms with E-state index in [2.05, 4.69) is 4.98 Å². The van der Waals surface area contributed by atoms with Crippen LogP contribution in [0.15, 0.2) is 6.07 Å². The van der Waals surface area contributed by atoms with Gasteiger partial charge < -0.3 is 19.8 Å². The number of aromatic carboxylic acids is 2. The van der Waals surface area contributed by atoms with Gasteiger partial charge in [-0.25, -0.2) is 4.98 Å². The molecule has 0 fully saturated rings. The number of rotatable bonds is 4. The number of carbonyl (C=O) groups is 2. The molecule has 86 valence electrons. The lowest BCUT2D eigenvalue weighted by molar-refractivity contribution is -0.255. The van der Waals surface area contributed by atoms with Gasteiger partial charge in [0, 0.05) is 0 Å². The number of aryl methyl sites for hydroxylation is 1. The Morgan fingerprint density at radius 2 is 1.81 bits per heavy atom. The van der Waals surface area contributed by atoms with Crippen LogP contribution in [-0.4, -0.2) is 16.9 Å². The molecule has 1 aromatic rings. The monoisotopic (exact) mass is 221 g/mol. The molecule has 5 heteroatoms. The van der Waals surface area contributed by atoms with Crippen LogP contribution in [0.1, 0.15) is 46.0 Å². The van der Waals surface area contributed by atoms with E-state index >= 15 is 0 Å². The van der Waals surface area contributed by atoms with E-state index in [9.17, 15) is 19.8 Å². The lowest BCUT2D eigenvalue weighted by Gasteiger charge is -2.15. The van der Waals surface area contributed by atoms with E-state index in [4.69, 9.17) is 0 Å². The number of pyridine rings is 1. The van der Waals surface area contributed by atoms with Crippen molar-refractivity contribution < 1.29 is 19.8 Å². The van der Waals surface area contributed by atoms with Gasteiger partial charge in [0.25, 0.3) is 0 Å². The molecule has 0 aliphatic rings. The zero-order valence-corrected chi connectivity index (χ0v) is 9.07. The SMILES string of the molecule is CCc1cc(C(=O)[O-])nc(C(=O)[O-])c1CC. The second kappa shape index (κ2) is 4.74. The fourth-order valence-corrected chi connectivity index (χ4v) is 1.61. The smallest absolute Gasteiger partial charge is 0.0903 e. The number of carbonyl (C=O) groups excluding carboxylic acids is 2. The molecule has 0 unspecified atom stereocenters. The topological polar surface area (TPSA) is 93.2 Å². The summed E-state index contributed by atoms with van der Waals surface area (Å²) in [5.74, 6) is -2.95. The van der Waals surface area contributed by atoms with Crippen molar-refractivity contribution >= 4 is 11.9 Å². The summed E-state index contributed by atoms with van der Waals surface area (Å²) >= 11 is 0. The largest absolute Gasteiger partial charge is 0.543 e. The van der Waals surface area contributed by atoms with Crippen molar-refractivity contribution in [2.24, 2.45) is 0 Å². The van der Waals surface area contributed by atoms with Gasteiger partial charge in [-0.05, 0) is 30.0 Å². The molecule has 0 aromatic carbocycles. The summed E-state index contributed by atoms with van der Waals surface area (Å²) in [6.45, 7) is 3.59. The van der Waals surface area contributed by atoms with Crippen molar-refractivity contribution in [3.05, 3.63) is 28.6 Å². The second-order valence-corrected chi connectivity index (χ2v) is 3.28. The zero-order valence-electron chi connectivity index (χ0n) is 9.07. The van der Waals surface area contributed by atoms with E-state index in [1.54, 1.807) is 6.92 Å². The maximum absolute atomic E-state index is 10.8. The van der Waals surface area contributed by atoms with Crippen molar-refractivity contribution in [3.63, 3.8) is 0 Å². The summed E-state index contributed by atoms with van der Waals surface area (Å²) in [7, 11) is 0. The van der Waals surface area contributed by atoms with E-state index < -0.39 is 11.9 Å². The molecule has 0 saturated carbocycles. The first kappa shape index (κ1) is 12.2. The average molecular weight is 221 g/mol. The van der Waals surface area contributed by atoms with Crippen LogP contribution in [0.5, 0.6) is 0 Å². The summed E-state index contributed by atoms with van der Waals surface area (Å²) < 4.78 is 0. The minimum atomic E-state index is -1.49. The quantitative estimate of drug-likeness (QED) is 0.645. The molecular formula is C11H11NO4-2. The van der Waals surface area contributed by atoms with Crippen molar-refractivity contribution in [3.8, 4) is 0 Å². The second-order valence-electron chi connectivity index (χ2n) is 3.28. The highest BCUT2D eigenvalue weighted by molar-refractivity contribution is 5.89. The van der Waals surface area contributed by atoms with E-state index in [0.29, 0.717) is 24.0 Å². The third-order valence-electron chi connectivity index (χ3n) is 2.35. The molecule has 0 aliphatic carbocycles. The molecule has 1 aromatic heterocycles.